The Labute approximate surface area is 270 Å². The molecular weight excluding hydrogens is 620 g/mol. The van der Waals surface area contributed by atoms with Crippen LogP contribution in [-0.2, 0) is 63.5 Å². The fourth-order valence-corrected chi connectivity index (χ4v) is 5.61. The molecule has 14 nitrogen and oxygen atoms in total. The lowest BCUT2D eigenvalue weighted by Crippen LogP contribution is -2.69. The molecule has 1 aliphatic rings. The number of carbonyl (C=O) groups excluding carboxylic acids is 6. The average molecular weight is 667 g/mol. The molecule has 1 saturated heterocycles. The molecule has 15 heteroatoms. The number of ether oxygens (including phenoxy) is 5. The van der Waals surface area contributed by atoms with E-state index in [2.05, 4.69) is 10.6 Å². The molecule has 2 amide bonds. The van der Waals surface area contributed by atoms with Crippen molar-refractivity contribution >= 4 is 44.0 Å². The summed E-state index contributed by atoms with van der Waals surface area (Å²) in [6, 6.07) is 7.77. The second-order valence-electron chi connectivity index (χ2n) is 12.5. The third kappa shape index (κ3) is 11.8. The predicted octanol–water partition coefficient (Wildman–Crippen LogP) is 2.28. The third-order valence-corrected chi connectivity index (χ3v) is 12.0. The predicted molar refractivity (Wildman–Crippen MR) is 165 cm³/mol. The SMILES string of the molecule is CC(=O)N[C@@H]1[C@@H](OC(C)=O)[C@H](OC(C)=O)[C@@H](COC(C)=O)O[C@H]1NC(=O)C[C@H](O[Si](C)(C)C(C)(C)C)C(=O)OCc1ccccc1. The second-order valence-corrected chi connectivity index (χ2v) is 17.3. The summed E-state index contributed by atoms with van der Waals surface area (Å²) in [5.74, 6) is -4.25. The van der Waals surface area contributed by atoms with Crippen LogP contribution in [0.25, 0.3) is 0 Å². The van der Waals surface area contributed by atoms with Crippen LogP contribution in [-0.4, -0.2) is 87.3 Å². The maximum Gasteiger partial charge on any atom is 0.334 e. The lowest BCUT2D eigenvalue weighted by atomic mass is 9.95. The minimum atomic E-state index is -2.60. The summed E-state index contributed by atoms with van der Waals surface area (Å²) >= 11 is 0. The van der Waals surface area contributed by atoms with Crippen molar-refractivity contribution in [1.29, 1.82) is 0 Å². The summed E-state index contributed by atoms with van der Waals surface area (Å²) in [6.45, 7) is 13.9. The van der Waals surface area contributed by atoms with Crippen molar-refractivity contribution in [2.45, 2.75) is 116 Å². The number of benzene rings is 1. The molecule has 1 aromatic rings. The summed E-state index contributed by atoms with van der Waals surface area (Å²) in [7, 11) is -2.60. The highest BCUT2D eigenvalue weighted by Gasteiger charge is 2.51. The Morgan fingerprint density at radius 1 is 0.848 bits per heavy atom. The highest BCUT2D eigenvalue weighted by atomic mass is 28.4. The molecule has 0 unspecified atom stereocenters. The van der Waals surface area contributed by atoms with Crippen molar-refractivity contribution in [3.63, 3.8) is 0 Å². The maximum absolute atomic E-state index is 13.6. The Balaban J connectivity index is 2.40. The van der Waals surface area contributed by atoms with Gasteiger partial charge in [0.15, 0.2) is 32.9 Å². The van der Waals surface area contributed by atoms with E-state index in [-0.39, 0.29) is 11.6 Å². The fourth-order valence-electron chi connectivity index (χ4n) is 4.37. The van der Waals surface area contributed by atoms with E-state index in [1.165, 1.54) is 6.92 Å². The van der Waals surface area contributed by atoms with E-state index in [1.54, 1.807) is 24.3 Å². The number of hydrogen-bond acceptors (Lipinski definition) is 12. The number of hydrogen-bond donors (Lipinski definition) is 2. The van der Waals surface area contributed by atoms with Gasteiger partial charge in [-0.05, 0) is 23.7 Å². The van der Waals surface area contributed by atoms with Crippen molar-refractivity contribution in [2.75, 3.05) is 6.61 Å². The van der Waals surface area contributed by atoms with Crippen LogP contribution in [0.2, 0.25) is 18.1 Å². The Hall–Kier alpha value is -3.82. The number of nitrogens with one attached hydrogen (secondary N) is 2. The molecule has 1 fully saturated rings. The molecule has 46 heavy (non-hydrogen) atoms. The van der Waals surface area contributed by atoms with Gasteiger partial charge in [0.05, 0.1) is 6.42 Å². The van der Waals surface area contributed by atoms with E-state index >= 15 is 0 Å². The smallest absolute Gasteiger partial charge is 0.334 e. The molecule has 0 saturated carbocycles. The molecule has 2 rings (SSSR count). The van der Waals surface area contributed by atoms with Crippen LogP contribution in [0.1, 0.15) is 60.5 Å². The highest BCUT2D eigenvalue weighted by Crippen LogP contribution is 2.38. The first-order valence-electron chi connectivity index (χ1n) is 14.9. The van der Waals surface area contributed by atoms with Gasteiger partial charge in [-0.3, -0.25) is 24.0 Å². The molecular formula is C31H46N2O12Si. The van der Waals surface area contributed by atoms with E-state index in [0.717, 1.165) is 26.3 Å². The standard InChI is InChI=1S/C31H46N2O12Si/c1-18(34)32-26-28(43-21(4)37)27(42-20(3)36)24(17-40-19(2)35)44-29(26)33-25(38)15-23(45-46(8,9)31(5,6)7)30(39)41-16-22-13-11-10-12-14-22/h10-14,23-24,26-29H,15-17H2,1-9H3,(H,32,34)(H,33,38)/t23-,24+,26+,27+,28+,29+/m0/s1. The molecule has 1 aromatic carbocycles. The molecule has 256 valence electrons. The quantitative estimate of drug-likeness (QED) is 0.178. The molecule has 0 aromatic heterocycles. The van der Waals surface area contributed by atoms with Gasteiger partial charge in [-0.15, -0.1) is 0 Å². The van der Waals surface area contributed by atoms with E-state index < -0.39 is 93.7 Å². The van der Waals surface area contributed by atoms with Gasteiger partial charge in [0.1, 0.15) is 25.4 Å². The van der Waals surface area contributed by atoms with Crippen LogP contribution in [0, 0.1) is 0 Å². The molecule has 2 N–H and O–H groups in total. The Bertz CT molecular complexity index is 1250. The summed E-state index contributed by atoms with van der Waals surface area (Å²) in [6.07, 6.45) is -7.06. The second kappa shape index (κ2) is 16.7. The van der Waals surface area contributed by atoms with Gasteiger partial charge in [0, 0.05) is 27.7 Å². The van der Waals surface area contributed by atoms with Crippen LogP contribution < -0.4 is 10.6 Å². The van der Waals surface area contributed by atoms with Crippen molar-refractivity contribution < 1.29 is 56.9 Å². The summed E-state index contributed by atoms with van der Waals surface area (Å²) < 4.78 is 33.8. The lowest BCUT2D eigenvalue weighted by molar-refractivity contribution is -0.228. The molecule has 1 heterocycles. The van der Waals surface area contributed by atoms with E-state index in [0.29, 0.717) is 0 Å². The molecule has 0 aliphatic carbocycles. The van der Waals surface area contributed by atoms with Crippen molar-refractivity contribution in [3.05, 3.63) is 35.9 Å². The minimum Gasteiger partial charge on any atom is -0.463 e. The maximum atomic E-state index is 13.6. The number of carbonyl (C=O) groups is 6. The van der Waals surface area contributed by atoms with Crippen LogP contribution >= 0.6 is 0 Å². The first kappa shape index (κ1) is 38.4. The normalized spacial score (nSPS) is 22.1. The lowest BCUT2D eigenvalue weighted by Gasteiger charge is -2.45. The van der Waals surface area contributed by atoms with Gasteiger partial charge < -0.3 is 38.7 Å². The number of esters is 4. The topological polar surface area (TPSA) is 182 Å². The molecule has 1 aliphatic heterocycles. The molecule has 0 bridgehead atoms. The average Bonchev–Trinajstić information content (AvgIpc) is 2.92. The molecule has 0 spiro atoms. The van der Waals surface area contributed by atoms with E-state index in [9.17, 15) is 28.8 Å². The Morgan fingerprint density at radius 2 is 1.43 bits per heavy atom. The molecule has 6 atom stereocenters. The zero-order chi connectivity index (χ0) is 34.8. The van der Waals surface area contributed by atoms with E-state index in [4.69, 9.17) is 28.1 Å². The van der Waals surface area contributed by atoms with Gasteiger partial charge in [-0.2, -0.15) is 0 Å². The van der Waals surface area contributed by atoms with Crippen LogP contribution in [0.15, 0.2) is 30.3 Å². The van der Waals surface area contributed by atoms with Crippen molar-refractivity contribution in [2.24, 2.45) is 0 Å². The van der Waals surface area contributed by atoms with Crippen molar-refractivity contribution in [3.8, 4) is 0 Å². The first-order valence-corrected chi connectivity index (χ1v) is 17.8. The van der Waals surface area contributed by atoms with Gasteiger partial charge in [0.2, 0.25) is 11.8 Å². The zero-order valence-electron chi connectivity index (χ0n) is 27.9. The number of rotatable bonds is 13. The van der Waals surface area contributed by atoms with Crippen LogP contribution in [0.5, 0.6) is 0 Å². The Morgan fingerprint density at radius 3 is 1.96 bits per heavy atom. The van der Waals surface area contributed by atoms with Gasteiger partial charge in [-0.1, -0.05) is 51.1 Å². The van der Waals surface area contributed by atoms with Crippen molar-refractivity contribution in [1.82, 2.24) is 10.6 Å². The van der Waals surface area contributed by atoms with E-state index in [1.807, 2.05) is 39.9 Å². The van der Waals surface area contributed by atoms with Gasteiger partial charge in [0.25, 0.3) is 0 Å². The first-order chi connectivity index (χ1) is 21.3. The van der Waals surface area contributed by atoms with Gasteiger partial charge >= 0.3 is 23.9 Å². The largest absolute Gasteiger partial charge is 0.463 e. The third-order valence-electron chi connectivity index (χ3n) is 7.52. The summed E-state index contributed by atoms with van der Waals surface area (Å²) in [5, 5.41) is 4.91. The minimum absolute atomic E-state index is 0.0333. The monoisotopic (exact) mass is 666 g/mol. The Kier molecular flexibility index (Phi) is 13.9. The van der Waals surface area contributed by atoms with Crippen LogP contribution in [0.3, 0.4) is 0 Å². The highest BCUT2D eigenvalue weighted by molar-refractivity contribution is 6.74. The van der Waals surface area contributed by atoms with Crippen LogP contribution in [0.4, 0.5) is 0 Å². The fraction of sp³-hybridized carbons (Fsp3) is 0.613. The molecule has 0 radical (unpaired) electrons. The zero-order valence-corrected chi connectivity index (χ0v) is 28.9. The van der Waals surface area contributed by atoms with Gasteiger partial charge in [-0.25, -0.2) is 4.79 Å². The number of amides is 2. The summed E-state index contributed by atoms with van der Waals surface area (Å²) in [5.41, 5.74) is 0.748. The summed E-state index contributed by atoms with van der Waals surface area (Å²) in [4.78, 5) is 74.9.